The van der Waals surface area contributed by atoms with Crippen LogP contribution in [-0.2, 0) is 9.47 Å². The van der Waals surface area contributed by atoms with Crippen LogP contribution < -0.4 is 5.73 Å². The monoisotopic (exact) mass is 191 g/mol. The minimum atomic E-state index is -0.266. The van der Waals surface area contributed by atoms with Crippen molar-refractivity contribution in [2.75, 3.05) is 19.5 Å². The van der Waals surface area contributed by atoms with Crippen molar-refractivity contribution < 1.29 is 14.3 Å². The third-order valence-electron chi connectivity index (χ3n) is 1.75. The second-order valence-corrected chi connectivity index (χ2v) is 3.38. The average molecular weight is 191 g/mol. The van der Waals surface area contributed by atoms with Gasteiger partial charge in [0.15, 0.2) is 0 Å². The minimum absolute atomic E-state index is 0.168. The largest absolute Gasteiger partial charge is 0.452 e. The molecule has 0 aliphatic carbocycles. The molecule has 1 heterocycles. The van der Waals surface area contributed by atoms with E-state index in [1.807, 2.05) is 0 Å². The molecule has 4 nitrogen and oxygen atoms in total. The molecule has 2 N–H and O–H groups in total. The number of rotatable bonds is 1. The molecule has 0 aromatic heterocycles. The van der Waals surface area contributed by atoms with Gasteiger partial charge in [-0.25, -0.2) is 4.79 Å². The van der Waals surface area contributed by atoms with E-state index in [2.05, 4.69) is 0 Å². The van der Waals surface area contributed by atoms with E-state index in [4.69, 9.17) is 15.2 Å². The third-order valence-corrected chi connectivity index (χ3v) is 2.18. The highest BCUT2D eigenvalue weighted by Crippen LogP contribution is 2.13. The molecule has 12 heavy (non-hydrogen) atoms. The fraction of sp³-hybridized carbons (Fsp3) is 0.857. The van der Waals surface area contributed by atoms with Crippen molar-refractivity contribution in [2.45, 2.75) is 18.6 Å². The summed E-state index contributed by atoms with van der Waals surface area (Å²) in [5, 5.41) is -0.266. The van der Waals surface area contributed by atoms with Gasteiger partial charge in [0.05, 0.1) is 19.3 Å². The molecule has 0 bridgehead atoms. The Labute approximate surface area is 75.8 Å². The fourth-order valence-electron chi connectivity index (χ4n) is 1.06. The Morgan fingerprint density at radius 2 is 2.50 bits per heavy atom. The van der Waals surface area contributed by atoms with Crippen molar-refractivity contribution in [2.24, 2.45) is 5.73 Å². The predicted molar refractivity (Wildman–Crippen MR) is 47.2 cm³/mol. The summed E-state index contributed by atoms with van der Waals surface area (Å²) in [5.74, 6) is 0. The van der Waals surface area contributed by atoms with E-state index in [9.17, 15) is 4.79 Å². The van der Waals surface area contributed by atoms with Crippen molar-refractivity contribution in [1.82, 2.24) is 0 Å². The van der Waals surface area contributed by atoms with E-state index in [-0.39, 0.29) is 17.4 Å². The lowest BCUT2D eigenvalue weighted by Gasteiger charge is -2.27. The maximum Gasteiger partial charge on any atom is 0.367 e. The van der Waals surface area contributed by atoms with Gasteiger partial charge in [0.25, 0.3) is 0 Å². The zero-order chi connectivity index (χ0) is 8.97. The molecule has 1 rings (SSSR count). The van der Waals surface area contributed by atoms with Gasteiger partial charge in [0.1, 0.15) is 6.10 Å². The number of ether oxygens (including phenoxy) is 2. The van der Waals surface area contributed by atoms with E-state index in [0.29, 0.717) is 19.6 Å². The van der Waals surface area contributed by atoms with Crippen LogP contribution in [0.3, 0.4) is 0 Å². The highest BCUT2D eigenvalue weighted by atomic mass is 32.2. The standard InChI is InChI=1S/C7H13NO3S/c1-12-7(9)11-6-2-3-10-4-5(6)8/h5-6H,2-4,8H2,1H3. The summed E-state index contributed by atoms with van der Waals surface area (Å²) < 4.78 is 10.2. The lowest BCUT2D eigenvalue weighted by molar-refractivity contribution is -0.00615. The van der Waals surface area contributed by atoms with E-state index in [1.54, 1.807) is 6.26 Å². The Kier molecular flexibility index (Phi) is 3.84. The molecule has 5 heteroatoms. The summed E-state index contributed by atoms with van der Waals surface area (Å²) in [6.07, 6.45) is 2.22. The lowest BCUT2D eigenvalue weighted by atomic mass is 10.1. The molecule has 70 valence electrons. The zero-order valence-corrected chi connectivity index (χ0v) is 7.80. The van der Waals surface area contributed by atoms with Crippen molar-refractivity contribution in [1.29, 1.82) is 0 Å². The second kappa shape index (κ2) is 4.69. The Bertz CT molecular complexity index is 165. The maximum atomic E-state index is 10.9. The van der Waals surface area contributed by atoms with Crippen molar-refractivity contribution in [3.63, 3.8) is 0 Å². The van der Waals surface area contributed by atoms with Crippen LogP contribution >= 0.6 is 11.8 Å². The number of thioether (sulfide) groups is 1. The molecule has 1 aliphatic rings. The quantitative estimate of drug-likeness (QED) is 0.615. The van der Waals surface area contributed by atoms with Crippen LogP contribution in [0.25, 0.3) is 0 Å². The van der Waals surface area contributed by atoms with E-state index >= 15 is 0 Å². The van der Waals surface area contributed by atoms with Crippen molar-refractivity contribution >= 4 is 17.1 Å². The fourth-order valence-corrected chi connectivity index (χ4v) is 1.28. The second-order valence-electron chi connectivity index (χ2n) is 2.64. The number of carbonyl (C=O) groups is 1. The molecule has 2 unspecified atom stereocenters. The molecule has 0 radical (unpaired) electrons. The molecule has 1 saturated heterocycles. The highest BCUT2D eigenvalue weighted by Gasteiger charge is 2.25. The van der Waals surface area contributed by atoms with Gasteiger partial charge in [0, 0.05) is 6.42 Å². The number of hydrogen-bond acceptors (Lipinski definition) is 5. The number of carbonyl (C=O) groups excluding carboxylic acids is 1. The highest BCUT2D eigenvalue weighted by molar-refractivity contribution is 8.12. The van der Waals surface area contributed by atoms with Crippen molar-refractivity contribution in [3.8, 4) is 0 Å². The van der Waals surface area contributed by atoms with Gasteiger partial charge >= 0.3 is 5.30 Å². The van der Waals surface area contributed by atoms with Gasteiger partial charge in [-0.3, -0.25) is 0 Å². The van der Waals surface area contributed by atoms with Crippen LogP contribution in [0.15, 0.2) is 0 Å². The topological polar surface area (TPSA) is 61.5 Å². The van der Waals surface area contributed by atoms with E-state index < -0.39 is 0 Å². The molecule has 2 atom stereocenters. The van der Waals surface area contributed by atoms with Gasteiger partial charge in [-0.2, -0.15) is 0 Å². The van der Waals surface area contributed by atoms with Gasteiger partial charge in [-0.05, 0) is 18.0 Å². The summed E-state index contributed by atoms with van der Waals surface area (Å²) in [7, 11) is 0. The Balaban J connectivity index is 2.33. The van der Waals surface area contributed by atoms with Crippen molar-refractivity contribution in [3.05, 3.63) is 0 Å². The SMILES string of the molecule is CSC(=O)OC1CCOCC1N. The van der Waals surface area contributed by atoms with E-state index in [0.717, 1.165) is 11.8 Å². The minimum Gasteiger partial charge on any atom is -0.452 e. The van der Waals surface area contributed by atoms with E-state index in [1.165, 1.54) is 0 Å². The van der Waals surface area contributed by atoms with Crippen LogP contribution in [0.2, 0.25) is 0 Å². The van der Waals surface area contributed by atoms with Crippen LogP contribution in [-0.4, -0.2) is 36.9 Å². The molecular weight excluding hydrogens is 178 g/mol. The summed E-state index contributed by atoms with van der Waals surface area (Å²) in [4.78, 5) is 10.9. The number of hydrogen-bond donors (Lipinski definition) is 1. The van der Waals surface area contributed by atoms with Crippen LogP contribution in [0.1, 0.15) is 6.42 Å². The number of nitrogens with two attached hydrogens (primary N) is 1. The van der Waals surface area contributed by atoms with Crippen LogP contribution in [0.4, 0.5) is 4.79 Å². The van der Waals surface area contributed by atoms with Gasteiger partial charge < -0.3 is 15.2 Å². The molecule has 1 aliphatic heterocycles. The van der Waals surface area contributed by atoms with Gasteiger partial charge in [0.2, 0.25) is 0 Å². The Hall–Kier alpha value is -0.260. The molecule has 0 aromatic carbocycles. The van der Waals surface area contributed by atoms with Gasteiger partial charge in [-0.1, -0.05) is 0 Å². The first-order valence-corrected chi connectivity index (χ1v) is 5.04. The average Bonchev–Trinajstić information content (AvgIpc) is 2.09. The molecular formula is C7H13NO3S. The molecule has 0 amide bonds. The molecule has 1 fully saturated rings. The Morgan fingerprint density at radius 3 is 3.08 bits per heavy atom. The van der Waals surface area contributed by atoms with Crippen LogP contribution in [0.5, 0.6) is 0 Å². The predicted octanol–water partition coefficient (Wildman–Crippen LogP) is 0.602. The third kappa shape index (κ3) is 2.66. The summed E-state index contributed by atoms with van der Waals surface area (Å²) in [6.45, 7) is 1.10. The first-order valence-electron chi connectivity index (χ1n) is 3.82. The van der Waals surface area contributed by atoms with Gasteiger partial charge in [-0.15, -0.1) is 0 Å². The zero-order valence-electron chi connectivity index (χ0n) is 6.99. The normalized spacial score (nSPS) is 29.8. The molecule has 0 saturated carbocycles. The van der Waals surface area contributed by atoms with Crippen LogP contribution in [0, 0.1) is 0 Å². The first-order chi connectivity index (χ1) is 5.74. The smallest absolute Gasteiger partial charge is 0.367 e. The molecule has 0 aromatic rings. The summed E-state index contributed by atoms with van der Waals surface area (Å²) in [6, 6.07) is -0.171. The lowest BCUT2D eigenvalue weighted by Crippen LogP contribution is -2.45. The summed E-state index contributed by atoms with van der Waals surface area (Å²) in [5.41, 5.74) is 5.67. The maximum absolute atomic E-state index is 10.9. The first kappa shape index (κ1) is 9.83. The Morgan fingerprint density at radius 1 is 1.75 bits per heavy atom. The molecule has 0 spiro atoms. The summed E-state index contributed by atoms with van der Waals surface area (Å²) >= 11 is 1.06.